The van der Waals surface area contributed by atoms with Gasteiger partial charge in [-0.2, -0.15) is 0 Å². The maximum Gasteiger partial charge on any atom is 0.226 e. The Morgan fingerprint density at radius 1 is 1.12 bits per heavy atom. The molecule has 0 bridgehead atoms. The smallest absolute Gasteiger partial charge is 0.226 e. The number of nitrogens with one attached hydrogen (secondary N) is 1. The fourth-order valence-corrected chi connectivity index (χ4v) is 3.31. The summed E-state index contributed by atoms with van der Waals surface area (Å²) >= 11 is 1.64. The van der Waals surface area contributed by atoms with Crippen molar-refractivity contribution in [2.75, 3.05) is 5.32 Å². The monoisotopic (exact) mass is 366 g/mol. The largest absolute Gasteiger partial charge is 0.486 e. The lowest BCUT2D eigenvalue weighted by Gasteiger charge is -2.08. The normalized spacial score (nSPS) is 10.8. The fourth-order valence-electron chi connectivity index (χ4n) is 2.44. The fraction of sp³-hybridized carbons (Fsp3) is 0.238. The van der Waals surface area contributed by atoms with Crippen molar-refractivity contribution in [1.82, 2.24) is 4.98 Å². The summed E-state index contributed by atoms with van der Waals surface area (Å²) in [6.45, 7) is 6.27. The summed E-state index contributed by atoms with van der Waals surface area (Å²) in [4.78, 5) is 17.6. The van der Waals surface area contributed by atoms with Gasteiger partial charge >= 0.3 is 0 Å². The Morgan fingerprint density at radius 3 is 2.46 bits per heavy atom. The second kappa shape index (κ2) is 8.15. The van der Waals surface area contributed by atoms with E-state index in [1.807, 2.05) is 68.4 Å². The van der Waals surface area contributed by atoms with E-state index >= 15 is 0 Å². The Labute approximate surface area is 157 Å². The molecule has 2 aromatic carbocycles. The van der Waals surface area contributed by atoms with Gasteiger partial charge in [-0.05, 0) is 31.2 Å². The van der Waals surface area contributed by atoms with Crippen LogP contribution in [0.25, 0.3) is 11.3 Å². The molecular formula is C21H22N2O2S. The first kappa shape index (κ1) is 18.1. The van der Waals surface area contributed by atoms with Gasteiger partial charge in [0.2, 0.25) is 5.91 Å². The molecule has 3 rings (SSSR count). The van der Waals surface area contributed by atoms with Gasteiger partial charge in [0.25, 0.3) is 0 Å². The van der Waals surface area contributed by atoms with Gasteiger partial charge in [0, 0.05) is 22.0 Å². The van der Waals surface area contributed by atoms with E-state index in [4.69, 9.17) is 9.72 Å². The first-order valence-electron chi connectivity index (χ1n) is 8.58. The van der Waals surface area contributed by atoms with Crippen LogP contribution in [0.5, 0.6) is 5.75 Å². The highest BCUT2D eigenvalue weighted by Crippen LogP contribution is 2.29. The molecule has 0 aliphatic carbocycles. The predicted octanol–water partition coefficient (Wildman–Crippen LogP) is 5.29. The van der Waals surface area contributed by atoms with Crippen LogP contribution < -0.4 is 10.1 Å². The quantitative estimate of drug-likeness (QED) is 0.645. The van der Waals surface area contributed by atoms with Crippen LogP contribution in [0.1, 0.15) is 23.7 Å². The summed E-state index contributed by atoms with van der Waals surface area (Å²) in [7, 11) is 0. The number of aryl methyl sites for hydroxylation is 1. The number of thiazole rings is 1. The van der Waals surface area contributed by atoms with Crippen LogP contribution in [0, 0.1) is 12.8 Å². The molecule has 26 heavy (non-hydrogen) atoms. The Balaban J connectivity index is 1.69. The summed E-state index contributed by atoms with van der Waals surface area (Å²) in [5.74, 6) is 0.817. The summed E-state index contributed by atoms with van der Waals surface area (Å²) in [6, 6.07) is 17.5. The van der Waals surface area contributed by atoms with Crippen LogP contribution in [0.3, 0.4) is 0 Å². The lowest BCUT2D eigenvalue weighted by atomic mass is 10.1. The standard InChI is InChI=1S/C21H22N2O2S/c1-14(2)21(24)22-17-11-9-16(10-12-17)20-15(3)26-19(23-20)13-25-18-7-5-4-6-8-18/h4-12,14H,13H2,1-3H3,(H,22,24). The molecule has 3 aromatic rings. The predicted molar refractivity (Wildman–Crippen MR) is 107 cm³/mol. The first-order chi connectivity index (χ1) is 12.5. The molecule has 134 valence electrons. The lowest BCUT2D eigenvalue weighted by molar-refractivity contribution is -0.118. The third-order valence-electron chi connectivity index (χ3n) is 3.90. The summed E-state index contributed by atoms with van der Waals surface area (Å²) < 4.78 is 5.78. The van der Waals surface area contributed by atoms with Crippen molar-refractivity contribution < 1.29 is 9.53 Å². The highest BCUT2D eigenvalue weighted by atomic mass is 32.1. The van der Waals surface area contributed by atoms with E-state index in [-0.39, 0.29) is 11.8 Å². The topological polar surface area (TPSA) is 51.2 Å². The molecule has 1 heterocycles. The maximum atomic E-state index is 11.8. The number of hydrogen-bond donors (Lipinski definition) is 1. The van der Waals surface area contributed by atoms with Crippen molar-refractivity contribution in [2.45, 2.75) is 27.4 Å². The SMILES string of the molecule is Cc1sc(COc2ccccc2)nc1-c1ccc(NC(=O)C(C)C)cc1. The van der Waals surface area contributed by atoms with Gasteiger partial charge in [0.15, 0.2) is 0 Å². The highest BCUT2D eigenvalue weighted by Gasteiger charge is 2.11. The van der Waals surface area contributed by atoms with Crippen LogP contribution in [-0.4, -0.2) is 10.9 Å². The molecule has 0 spiro atoms. The summed E-state index contributed by atoms with van der Waals surface area (Å²) in [5.41, 5.74) is 2.80. The molecule has 0 atom stereocenters. The molecule has 0 saturated carbocycles. The van der Waals surface area contributed by atoms with Crippen LogP contribution in [0.15, 0.2) is 54.6 Å². The molecule has 0 aliphatic rings. The van der Waals surface area contributed by atoms with Gasteiger partial charge in [0.1, 0.15) is 17.4 Å². The van der Waals surface area contributed by atoms with Crippen molar-refractivity contribution in [3.63, 3.8) is 0 Å². The number of hydrogen-bond acceptors (Lipinski definition) is 4. The van der Waals surface area contributed by atoms with Gasteiger partial charge in [-0.25, -0.2) is 4.98 Å². The van der Waals surface area contributed by atoms with E-state index in [0.29, 0.717) is 6.61 Å². The minimum absolute atomic E-state index is 0.0166. The third-order valence-corrected chi connectivity index (χ3v) is 4.84. The van der Waals surface area contributed by atoms with Crippen molar-refractivity contribution in [3.05, 3.63) is 64.5 Å². The van der Waals surface area contributed by atoms with Gasteiger partial charge < -0.3 is 10.1 Å². The van der Waals surface area contributed by atoms with Crippen molar-refractivity contribution in [2.24, 2.45) is 5.92 Å². The molecule has 0 radical (unpaired) electrons. The Hall–Kier alpha value is -2.66. The summed E-state index contributed by atoms with van der Waals surface area (Å²) in [6.07, 6.45) is 0. The van der Waals surface area contributed by atoms with E-state index in [0.717, 1.165) is 32.6 Å². The third kappa shape index (κ3) is 4.49. The van der Waals surface area contributed by atoms with Crippen molar-refractivity contribution in [1.29, 1.82) is 0 Å². The number of carbonyl (C=O) groups is 1. The van der Waals surface area contributed by atoms with Crippen LogP contribution in [0.2, 0.25) is 0 Å². The molecule has 1 amide bonds. The Kier molecular flexibility index (Phi) is 5.68. The van der Waals surface area contributed by atoms with Gasteiger partial charge in [-0.15, -0.1) is 11.3 Å². The summed E-state index contributed by atoms with van der Waals surface area (Å²) in [5, 5.41) is 3.84. The molecule has 0 saturated heterocycles. The van der Waals surface area contributed by atoms with Gasteiger partial charge in [-0.1, -0.05) is 44.2 Å². The minimum Gasteiger partial charge on any atom is -0.486 e. The van der Waals surface area contributed by atoms with Crippen molar-refractivity contribution in [3.8, 4) is 17.0 Å². The van der Waals surface area contributed by atoms with E-state index in [9.17, 15) is 4.79 Å². The lowest BCUT2D eigenvalue weighted by Crippen LogP contribution is -2.17. The molecule has 0 unspecified atom stereocenters. The second-order valence-electron chi connectivity index (χ2n) is 6.34. The number of nitrogens with zero attached hydrogens (tertiary/aromatic N) is 1. The van der Waals surface area contributed by atoms with E-state index in [1.165, 1.54) is 0 Å². The van der Waals surface area contributed by atoms with Crippen LogP contribution >= 0.6 is 11.3 Å². The first-order valence-corrected chi connectivity index (χ1v) is 9.40. The molecule has 1 N–H and O–H groups in total. The van der Waals surface area contributed by atoms with Crippen LogP contribution in [-0.2, 0) is 11.4 Å². The van der Waals surface area contributed by atoms with Crippen molar-refractivity contribution >= 4 is 22.9 Å². The average Bonchev–Trinajstić information content (AvgIpc) is 3.02. The number of para-hydroxylation sites is 1. The minimum atomic E-state index is -0.0392. The molecule has 0 aliphatic heterocycles. The van der Waals surface area contributed by atoms with E-state index in [1.54, 1.807) is 11.3 Å². The number of aromatic nitrogens is 1. The number of amides is 1. The maximum absolute atomic E-state index is 11.8. The Bertz CT molecular complexity index is 871. The molecule has 5 heteroatoms. The number of carbonyl (C=O) groups excluding carboxylic acids is 1. The molecule has 4 nitrogen and oxygen atoms in total. The van der Waals surface area contributed by atoms with E-state index in [2.05, 4.69) is 12.2 Å². The van der Waals surface area contributed by atoms with Gasteiger partial charge in [0.05, 0.1) is 5.69 Å². The van der Waals surface area contributed by atoms with Crippen LogP contribution in [0.4, 0.5) is 5.69 Å². The zero-order valence-electron chi connectivity index (χ0n) is 15.2. The molecular weight excluding hydrogens is 344 g/mol. The zero-order chi connectivity index (χ0) is 18.5. The number of ether oxygens (including phenoxy) is 1. The Morgan fingerprint density at radius 2 is 1.81 bits per heavy atom. The number of anilines is 1. The molecule has 0 fully saturated rings. The number of benzene rings is 2. The molecule has 1 aromatic heterocycles. The highest BCUT2D eigenvalue weighted by molar-refractivity contribution is 7.12. The second-order valence-corrected chi connectivity index (χ2v) is 7.62. The zero-order valence-corrected chi connectivity index (χ0v) is 16.0. The average molecular weight is 366 g/mol. The van der Waals surface area contributed by atoms with Gasteiger partial charge in [-0.3, -0.25) is 4.79 Å². The van der Waals surface area contributed by atoms with E-state index < -0.39 is 0 Å². The number of rotatable bonds is 6.